The van der Waals surface area contributed by atoms with Crippen molar-refractivity contribution in [3.63, 3.8) is 0 Å². The smallest absolute Gasteiger partial charge is 0.254 e. The molecule has 1 fully saturated rings. The number of nitrogens with zero attached hydrogens (tertiary/aromatic N) is 4. The van der Waals surface area contributed by atoms with Gasteiger partial charge in [-0.3, -0.25) is 14.5 Å². The molecule has 0 bridgehead atoms. The molecule has 2 aromatic carbocycles. The van der Waals surface area contributed by atoms with E-state index in [2.05, 4.69) is 21.6 Å². The van der Waals surface area contributed by atoms with Crippen LogP contribution >= 0.6 is 0 Å². The molecule has 39 heavy (non-hydrogen) atoms. The van der Waals surface area contributed by atoms with Gasteiger partial charge in [-0.15, -0.1) is 0 Å². The Morgan fingerprint density at radius 2 is 1.67 bits per heavy atom. The second-order valence-corrected chi connectivity index (χ2v) is 9.92. The highest BCUT2D eigenvalue weighted by molar-refractivity contribution is 5.97. The first-order valence-electron chi connectivity index (χ1n) is 13.6. The summed E-state index contributed by atoms with van der Waals surface area (Å²) in [4.78, 5) is 33.2. The van der Waals surface area contributed by atoms with Gasteiger partial charge in [-0.25, -0.2) is 0 Å². The van der Waals surface area contributed by atoms with Crippen LogP contribution in [0.15, 0.2) is 72.9 Å². The third-order valence-electron chi connectivity index (χ3n) is 7.17. The molecule has 0 N–H and O–H groups in total. The number of methoxy groups -OCH3 is 1. The zero-order chi connectivity index (χ0) is 27.5. The Hall–Kier alpha value is -3.46. The first kappa shape index (κ1) is 28.5. The van der Waals surface area contributed by atoms with Crippen LogP contribution in [0.2, 0.25) is 0 Å². The summed E-state index contributed by atoms with van der Waals surface area (Å²) in [7, 11) is 1.64. The van der Waals surface area contributed by atoms with Crippen LogP contribution in [0.3, 0.4) is 0 Å². The Morgan fingerprint density at radius 1 is 0.923 bits per heavy atom. The second-order valence-electron chi connectivity index (χ2n) is 9.92. The predicted octanol–water partition coefficient (Wildman–Crippen LogP) is 3.29. The van der Waals surface area contributed by atoms with Gasteiger partial charge >= 0.3 is 0 Å². The summed E-state index contributed by atoms with van der Waals surface area (Å²) in [6.07, 6.45) is 2.04. The summed E-state index contributed by atoms with van der Waals surface area (Å²) >= 11 is 0. The molecule has 208 valence electrons. The molecule has 8 heteroatoms. The van der Waals surface area contributed by atoms with E-state index in [0.717, 1.165) is 30.9 Å². The molecule has 8 nitrogen and oxygen atoms in total. The normalized spacial score (nSPS) is 13.8. The van der Waals surface area contributed by atoms with Gasteiger partial charge in [0, 0.05) is 63.8 Å². The quantitative estimate of drug-likeness (QED) is 0.338. The van der Waals surface area contributed by atoms with Crippen LogP contribution in [0, 0.1) is 6.92 Å². The lowest BCUT2D eigenvalue weighted by Gasteiger charge is -2.31. The molecule has 0 radical (unpaired) electrons. The average Bonchev–Trinajstić information content (AvgIpc) is 3.40. The Bertz CT molecular complexity index is 1190. The van der Waals surface area contributed by atoms with Crippen molar-refractivity contribution >= 4 is 11.8 Å². The fourth-order valence-electron chi connectivity index (χ4n) is 4.80. The van der Waals surface area contributed by atoms with Crippen LogP contribution in [-0.2, 0) is 27.4 Å². The molecule has 1 saturated heterocycles. The van der Waals surface area contributed by atoms with Crippen molar-refractivity contribution in [2.24, 2.45) is 0 Å². The number of morpholine rings is 1. The molecule has 0 saturated carbocycles. The van der Waals surface area contributed by atoms with Crippen molar-refractivity contribution in [1.29, 1.82) is 0 Å². The summed E-state index contributed by atoms with van der Waals surface area (Å²) in [6.45, 7) is 8.21. The Kier molecular flexibility index (Phi) is 10.7. The SMILES string of the molecule is COCCN(Cc1cccn1Cc1ccccc1)C(=O)CN(CCN1CCOCC1)C(=O)c1ccccc1C. The van der Waals surface area contributed by atoms with Crippen LogP contribution < -0.4 is 0 Å². The number of ether oxygens (including phenoxy) is 2. The maximum atomic E-state index is 13.8. The molecule has 2 amide bonds. The minimum atomic E-state index is -0.117. The van der Waals surface area contributed by atoms with Crippen molar-refractivity contribution in [1.82, 2.24) is 19.3 Å². The average molecular weight is 533 g/mol. The minimum Gasteiger partial charge on any atom is -0.383 e. The van der Waals surface area contributed by atoms with E-state index in [0.29, 0.717) is 51.6 Å². The van der Waals surface area contributed by atoms with Crippen LogP contribution in [0.4, 0.5) is 0 Å². The molecule has 0 unspecified atom stereocenters. The number of hydrogen-bond acceptors (Lipinski definition) is 5. The zero-order valence-electron chi connectivity index (χ0n) is 23.1. The molecule has 1 aliphatic heterocycles. The van der Waals surface area contributed by atoms with Gasteiger partial charge in [0.05, 0.1) is 26.4 Å². The van der Waals surface area contributed by atoms with E-state index in [-0.39, 0.29) is 18.4 Å². The molecule has 2 heterocycles. The highest BCUT2D eigenvalue weighted by Gasteiger charge is 2.25. The lowest BCUT2D eigenvalue weighted by Crippen LogP contribution is -2.47. The number of aryl methyl sites for hydroxylation is 1. The van der Waals surface area contributed by atoms with Crippen molar-refractivity contribution in [3.8, 4) is 0 Å². The fourth-order valence-corrected chi connectivity index (χ4v) is 4.80. The number of hydrogen-bond donors (Lipinski definition) is 0. The van der Waals surface area contributed by atoms with Crippen LogP contribution in [0.1, 0.15) is 27.2 Å². The molecular weight excluding hydrogens is 492 g/mol. The van der Waals surface area contributed by atoms with E-state index in [1.807, 2.05) is 67.7 Å². The molecule has 1 aliphatic rings. The molecule has 0 atom stereocenters. The number of aromatic nitrogens is 1. The summed E-state index contributed by atoms with van der Waals surface area (Å²) in [5.74, 6) is -0.211. The first-order chi connectivity index (χ1) is 19.0. The van der Waals surface area contributed by atoms with Crippen LogP contribution in [0.25, 0.3) is 0 Å². The van der Waals surface area contributed by atoms with Gasteiger partial charge in [-0.05, 0) is 36.2 Å². The summed E-state index contributed by atoms with van der Waals surface area (Å²) < 4.78 is 13.0. The molecule has 4 rings (SSSR count). The molecular formula is C31H40N4O4. The van der Waals surface area contributed by atoms with Gasteiger partial charge in [0.2, 0.25) is 5.91 Å². The van der Waals surface area contributed by atoms with Gasteiger partial charge < -0.3 is 23.8 Å². The first-order valence-corrected chi connectivity index (χ1v) is 13.6. The van der Waals surface area contributed by atoms with Gasteiger partial charge in [-0.1, -0.05) is 48.5 Å². The van der Waals surface area contributed by atoms with E-state index in [9.17, 15) is 9.59 Å². The van der Waals surface area contributed by atoms with Crippen molar-refractivity contribution in [2.75, 3.05) is 66.2 Å². The molecule has 0 aliphatic carbocycles. The molecule has 0 spiro atoms. The number of amides is 2. The zero-order valence-corrected chi connectivity index (χ0v) is 23.1. The lowest BCUT2D eigenvalue weighted by atomic mass is 10.1. The predicted molar refractivity (Wildman–Crippen MR) is 152 cm³/mol. The maximum Gasteiger partial charge on any atom is 0.254 e. The van der Waals surface area contributed by atoms with E-state index in [1.165, 1.54) is 5.56 Å². The largest absolute Gasteiger partial charge is 0.383 e. The molecule has 1 aromatic heterocycles. The lowest BCUT2D eigenvalue weighted by molar-refractivity contribution is -0.133. The fraction of sp³-hybridized carbons (Fsp3) is 0.419. The van der Waals surface area contributed by atoms with Crippen molar-refractivity contribution in [2.45, 2.75) is 20.0 Å². The van der Waals surface area contributed by atoms with Gasteiger partial charge in [0.15, 0.2) is 0 Å². The number of benzene rings is 2. The topological polar surface area (TPSA) is 67.2 Å². The van der Waals surface area contributed by atoms with E-state index < -0.39 is 0 Å². The highest BCUT2D eigenvalue weighted by Crippen LogP contribution is 2.14. The number of carbonyl (C=O) groups is 2. The van der Waals surface area contributed by atoms with Crippen LogP contribution in [-0.4, -0.2) is 97.3 Å². The van der Waals surface area contributed by atoms with Gasteiger partial charge in [-0.2, -0.15) is 0 Å². The third-order valence-corrected chi connectivity index (χ3v) is 7.17. The highest BCUT2D eigenvalue weighted by atomic mass is 16.5. The Morgan fingerprint density at radius 3 is 2.41 bits per heavy atom. The molecule has 3 aromatic rings. The maximum absolute atomic E-state index is 13.8. The monoisotopic (exact) mass is 532 g/mol. The van der Waals surface area contributed by atoms with Gasteiger partial charge in [0.25, 0.3) is 5.91 Å². The number of carbonyl (C=O) groups excluding carboxylic acids is 2. The minimum absolute atomic E-state index is 0.0145. The van der Waals surface area contributed by atoms with E-state index in [4.69, 9.17) is 9.47 Å². The van der Waals surface area contributed by atoms with E-state index in [1.54, 1.807) is 16.9 Å². The second kappa shape index (κ2) is 14.6. The third kappa shape index (κ3) is 8.26. The standard InChI is InChI=1S/C31H40N4O4/c1-26-9-6-7-13-29(26)31(37)35(16-15-32-17-21-39-22-18-32)25-30(36)34(19-20-38-2)24-28-12-8-14-33(28)23-27-10-4-3-5-11-27/h3-14H,15-25H2,1-2H3. The number of rotatable bonds is 13. The van der Waals surface area contributed by atoms with Gasteiger partial charge in [0.1, 0.15) is 6.54 Å². The van der Waals surface area contributed by atoms with Crippen molar-refractivity contribution < 1.29 is 19.1 Å². The summed E-state index contributed by atoms with van der Waals surface area (Å²) in [5, 5.41) is 0. The van der Waals surface area contributed by atoms with Crippen LogP contribution in [0.5, 0.6) is 0 Å². The van der Waals surface area contributed by atoms with Crippen molar-refractivity contribution in [3.05, 3.63) is 95.3 Å². The summed E-state index contributed by atoms with van der Waals surface area (Å²) in [6, 6.07) is 21.9. The summed E-state index contributed by atoms with van der Waals surface area (Å²) in [5.41, 5.74) is 3.77. The Balaban J connectivity index is 1.49. The van der Waals surface area contributed by atoms with E-state index >= 15 is 0 Å². The Labute approximate surface area is 231 Å².